The molecule has 6 rings (SSSR count). The second kappa shape index (κ2) is 10.6. The van der Waals surface area contributed by atoms with Crippen molar-refractivity contribution in [1.82, 2.24) is 30.0 Å². The summed E-state index contributed by atoms with van der Waals surface area (Å²) in [4.78, 5) is 27.3. The Bertz CT molecular complexity index is 1650. The van der Waals surface area contributed by atoms with Gasteiger partial charge in [0.15, 0.2) is 5.82 Å². The Balaban J connectivity index is 1.41. The molecule has 2 fully saturated rings. The van der Waals surface area contributed by atoms with E-state index in [2.05, 4.69) is 26.7 Å². The molecule has 2 saturated heterocycles. The Kier molecular flexibility index (Phi) is 7.07. The molecule has 4 heterocycles. The fourth-order valence-electron chi connectivity index (χ4n) is 6.03. The third kappa shape index (κ3) is 4.89. The average Bonchev–Trinajstić information content (AvgIpc) is 3.41. The minimum absolute atomic E-state index is 0.0263. The number of amides is 1. The number of halogens is 2. The summed E-state index contributed by atoms with van der Waals surface area (Å²) >= 11 is 6.86. The van der Waals surface area contributed by atoms with Crippen LogP contribution in [0.4, 0.5) is 10.2 Å². The number of H-pyrrole nitrogens is 1. The molecule has 2 aliphatic rings. The first-order chi connectivity index (χ1) is 19.7. The van der Waals surface area contributed by atoms with E-state index < -0.39 is 5.82 Å². The number of benzene rings is 2. The van der Waals surface area contributed by atoms with Crippen LogP contribution in [-0.2, 0) is 4.79 Å². The van der Waals surface area contributed by atoms with Crippen LogP contribution in [0.25, 0.3) is 32.9 Å². The fourth-order valence-corrected chi connectivity index (χ4v) is 6.32. The van der Waals surface area contributed by atoms with Gasteiger partial charge in [-0.3, -0.25) is 9.89 Å². The lowest BCUT2D eigenvalue weighted by Gasteiger charge is -2.54. The number of nitrogens with one attached hydrogen (secondary N) is 1. The summed E-state index contributed by atoms with van der Waals surface area (Å²) in [6.07, 6.45) is 4.85. The Hall–Kier alpha value is -3.76. The fraction of sp³-hybridized carbons (Fsp3) is 0.400. The number of carbonyl (C=O) groups excluding carboxylic acids is 1. The minimum Gasteiger partial charge on any atom is -0.462 e. The standard InChI is InChI=1S/C30H33ClFN7O2/c1-5-23(40)39-16-30(17-39)8-10-38(11-9-30)28-19-14-21(31)25(24-18(2)6-7-22-20(24)15-33-36-22)26(32)27(19)34-29(35-28)41-13-12-37(3)4/h5-7,14-15H,1,8-13,16-17H2,2-4H3,(H,33,36). The number of carbonyl (C=O) groups is 1. The van der Waals surface area contributed by atoms with E-state index in [1.807, 2.05) is 43.0 Å². The first-order valence-corrected chi connectivity index (χ1v) is 14.1. The van der Waals surface area contributed by atoms with Crippen LogP contribution in [0.15, 0.2) is 37.1 Å². The van der Waals surface area contributed by atoms with Crippen molar-refractivity contribution in [3.05, 3.63) is 53.5 Å². The van der Waals surface area contributed by atoms with Crippen molar-refractivity contribution < 1.29 is 13.9 Å². The second-order valence-corrected chi connectivity index (χ2v) is 11.8. The number of ether oxygens (including phenoxy) is 1. The number of hydrogen-bond donors (Lipinski definition) is 1. The third-order valence-corrected chi connectivity index (χ3v) is 8.66. The molecule has 9 nitrogen and oxygen atoms in total. The number of piperidine rings is 1. The first-order valence-electron chi connectivity index (χ1n) is 13.8. The maximum Gasteiger partial charge on any atom is 0.319 e. The summed E-state index contributed by atoms with van der Waals surface area (Å²) in [6, 6.07) is 5.74. The van der Waals surface area contributed by atoms with Crippen LogP contribution in [0.3, 0.4) is 0 Å². The molecule has 2 aromatic heterocycles. The van der Waals surface area contributed by atoms with Gasteiger partial charge in [-0.25, -0.2) is 4.39 Å². The van der Waals surface area contributed by atoms with Gasteiger partial charge in [-0.2, -0.15) is 15.1 Å². The number of aromatic amines is 1. The number of anilines is 1. The predicted molar refractivity (Wildman–Crippen MR) is 159 cm³/mol. The van der Waals surface area contributed by atoms with Crippen molar-refractivity contribution >= 4 is 45.1 Å². The van der Waals surface area contributed by atoms with E-state index in [1.165, 1.54) is 6.08 Å². The van der Waals surface area contributed by atoms with Crippen LogP contribution in [-0.4, -0.2) is 89.3 Å². The zero-order valence-electron chi connectivity index (χ0n) is 23.5. The molecule has 2 aliphatic heterocycles. The van der Waals surface area contributed by atoms with E-state index >= 15 is 4.39 Å². The molecule has 0 saturated carbocycles. The third-order valence-electron chi connectivity index (χ3n) is 8.36. The highest BCUT2D eigenvalue weighted by Crippen LogP contribution is 2.45. The Labute approximate surface area is 242 Å². The van der Waals surface area contributed by atoms with Gasteiger partial charge in [0.25, 0.3) is 0 Å². The summed E-state index contributed by atoms with van der Waals surface area (Å²) in [6.45, 7) is 9.46. The number of likely N-dealkylation sites (tertiary alicyclic amines) is 1. The molecule has 2 aromatic carbocycles. The summed E-state index contributed by atoms with van der Waals surface area (Å²) < 4.78 is 22.5. The summed E-state index contributed by atoms with van der Waals surface area (Å²) in [5.74, 6) is 0.0618. The molecular formula is C30H33ClFN7O2. The lowest BCUT2D eigenvalue weighted by molar-refractivity contribution is -0.139. The first kappa shape index (κ1) is 27.4. The Morgan fingerprint density at radius 1 is 1.22 bits per heavy atom. The van der Waals surface area contributed by atoms with Crippen LogP contribution in [0, 0.1) is 18.2 Å². The molecule has 1 amide bonds. The van der Waals surface area contributed by atoms with E-state index in [4.69, 9.17) is 21.3 Å². The SMILES string of the molecule is C=CC(=O)N1CC2(CCN(c3nc(OCCN(C)C)nc4c(F)c(-c5c(C)ccc6[nH]ncc56)c(Cl)cc34)CC2)C1. The summed E-state index contributed by atoms with van der Waals surface area (Å²) in [5, 5.41) is 8.72. The molecule has 11 heteroatoms. The number of hydrogen-bond acceptors (Lipinski definition) is 7. The van der Waals surface area contributed by atoms with E-state index in [1.54, 1.807) is 12.3 Å². The molecule has 0 atom stereocenters. The van der Waals surface area contributed by atoms with Gasteiger partial charge in [-0.15, -0.1) is 0 Å². The van der Waals surface area contributed by atoms with E-state index in [0.717, 1.165) is 42.4 Å². The largest absolute Gasteiger partial charge is 0.462 e. The highest BCUT2D eigenvalue weighted by molar-refractivity contribution is 6.35. The van der Waals surface area contributed by atoms with Gasteiger partial charge < -0.3 is 19.4 Å². The van der Waals surface area contributed by atoms with Crippen LogP contribution >= 0.6 is 11.6 Å². The lowest BCUT2D eigenvalue weighted by Crippen LogP contribution is -2.61. The molecular weight excluding hydrogens is 545 g/mol. The maximum absolute atomic E-state index is 16.6. The van der Waals surface area contributed by atoms with Gasteiger partial charge in [0, 0.05) is 60.0 Å². The zero-order chi connectivity index (χ0) is 28.9. The Morgan fingerprint density at radius 3 is 2.68 bits per heavy atom. The highest BCUT2D eigenvalue weighted by atomic mass is 35.5. The molecule has 1 N–H and O–H groups in total. The minimum atomic E-state index is -0.517. The number of fused-ring (bicyclic) bond motifs is 2. The second-order valence-electron chi connectivity index (χ2n) is 11.4. The molecule has 214 valence electrons. The summed E-state index contributed by atoms with van der Waals surface area (Å²) in [7, 11) is 3.91. The van der Waals surface area contributed by atoms with Gasteiger partial charge >= 0.3 is 6.01 Å². The molecule has 0 radical (unpaired) electrons. The van der Waals surface area contributed by atoms with Crippen LogP contribution in [0.5, 0.6) is 6.01 Å². The quantitative estimate of drug-likeness (QED) is 0.315. The maximum atomic E-state index is 16.6. The van der Waals surface area contributed by atoms with Gasteiger partial charge in [0.1, 0.15) is 17.9 Å². The van der Waals surface area contributed by atoms with Gasteiger partial charge in [-0.05, 0) is 57.6 Å². The van der Waals surface area contributed by atoms with E-state index in [9.17, 15) is 4.79 Å². The zero-order valence-corrected chi connectivity index (χ0v) is 24.3. The van der Waals surface area contributed by atoms with Crippen molar-refractivity contribution in [2.24, 2.45) is 5.41 Å². The number of aromatic nitrogens is 4. The smallest absolute Gasteiger partial charge is 0.319 e. The van der Waals surface area contributed by atoms with Crippen molar-refractivity contribution in [3.63, 3.8) is 0 Å². The monoisotopic (exact) mass is 577 g/mol. The van der Waals surface area contributed by atoms with Crippen molar-refractivity contribution in [1.29, 1.82) is 0 Å². The molecule has 1 spiro atoms. The molecule has 41 heavy (non-hydrogen) atoms. The number of nitrogens with zero attached hydrogens (tertiary/aromatic N) is 6. The van der Waals surface area contributed by atoms with Crippen molar-refractivity contribution in [2.45, 2.75) is 19.8 Å². The highest BCUT2D eigenvalue weighted by Gasteiger charge is 2.46. The summed E-state index contributed by atoms with van der Waals surface area (Å²) in [5.41, 5.74) is 2.90. The Morgan fingerprint density at radius 2 is 1.98 bits per heavy atom. The predicted octanol–water partition coefficient (Wildman–Crippen LogP) is 4.83. The van der Waals surface area contributed by atoms with Crippen molar-refractivity contribution in [3.8, 4) is 17.1 Å². The molecule has 0 unspecified atom stereocenters. The van der Waals surface area contributed by atoms with Crippen LogP contribution < -0.4 is 9.64 Å². The van der Waals surface area contributed by atoms with Crippen LogP contribution in [0.2, 0.25) is 5.02 Å². The molecule has 0 bridgehead atoms. The number of aryl methyl sites for hydroxylation is 1. The number of likely N-dealkylation sites (N-methyl/N-ethyl adjacent to an activating group) is 1. The van der Waals surface area contributed by atoms with Crippen LogP contribution in [0.1, 0.15) is 18.4 Å². The molecule has 4 aromatic rings. The lowest BCUT2D eigenvalue weighted by atomic mass is 9.72. The van der Waals surface area contributed by atoms with E-state index in [-0.39, 0.29) is 33.4 Å². The van der Waals surface area contributed by atoms with Gasteiger partial charge in [-0.1, -0.05) is 24.2 Å². The topological polar surface area (TPSA) is 90.5 Å². The average molecular weight is 578 g/mol. The van der Waals surface area contributed by atoms with Crippen molar-refractivity contribution in [2.75, 3.05) is 58.3 Å². The van der Waals surface area contributed by atoms with Gasteiger partial charge in [0.05, 0.1) is 16.7 Å². The number of rotatable bonds is 7. The normalized spacial score (nSPS) is 16.5. The van der Waals surface area contributed by atoms with E-state index in [0.29, 0.717) is 43.0 Å². The van der Waals surface area contributed by atoms with Gasteiger partial charge in [0.2, 0.25) is 5.91 Å². The molecule has 0 aliphatic carbocycles.